The van der Waals surface area contributed by atoms with Crippen LogP contribution < -0.4 is 10.6 Å². The fourth-order valence-electron chi connectivity index (χ4n) is 1.69. The van der Waals surface area contributed by atoms with Crippen LogP contribution in [0.15, 0.2) is 18.2 Å². The molecule has 0 unspecified atom stereocenters. The summed E-state index contributed by atoms with van der Waals surface area (Å²) in [6.07, 6.45) is 0.864. The fourth-order valence-corrected chi connectivity index (χ4v) is 1.69. The van der Waals surface area contributed by atoms with Gasteiger partial charge in [-0.1, -0.05) is 13.0 Å². The Morgan fingerprint density at radius 1 is 1.33 bits per heavy atom. The molecule has 0 fully saturated rings. The summed E-state index contributed by atoms with van der Waals surface area (Å²) in [5, 5.41) is 5.86. The van der Waals surface area contributed by atoms with E-state index in [9.17, 15) is 9.18 Å². The minimum absolute atomic E-state index is 0.167. The van der Waals surface area contributed by atoms with Crippen LogP contribution in [0, 0.1) is 5.82 Å². The Morgan fingerprint density at radius 3 is 2.57 bits per heavy atom. The molecule has 21 heavy (non-hydrogen) atoms. The molecule has 1 aromatic rings. The second kappa shape index (κ2) is 7.41. The second-order valence-corrected chi connectivity index (χ2v) is 5.98. The van der Waals surface area contributed by atoms with Gasteiger partial charge in [-0.05, 0) is 46.5 Å². The molecule has 0 aromatic heterocycles. The normalized spacial score (nSPS) is 11.6. The van der Waals surface area contributed by atoms with E-state index in [1.54, 1.807) is 12.1 Å². The van der Waals surface area contributed by atoms with Crippen LogP contribution >= 0.6 is 0 Å². The number of hydrogen-bond acceptors (Lipinski definition) is 3. The first-order valence-corrected chi connectivity index (χ1v) is 7.27. The van der Waals surface area contributed by atoms with Gasteiger partial charge in [-0.3, -0.25) is 4.79 Å². The van der Waals surface area contributed by atoms with Crippen molar-refractivity contribution in [2.45, 2.75) is 32.7 Å². The molecule has 0 aliphatic carbocycles. The van der Waals surface area contributed by atoms with E-state index in [0.29, 0.717) is 18.7 Å². The Balaban J connectivity index is 2.85. The lowest BCUT2D eigenvalue weighted by molar-refractivity contribution is 0.0920. The first-order chi connectivity index (χ1) is 9.79. The topological polar surface area (TPSA) is 44.4 Å². The highest BCUT2D eigenvalue weighted by molar-refractivity contribution is 5.99. The third kappa shape index (κ3) is 4.70. The number of carbonyl (C=O) groups is 1. The SMILES string of the molecule is CCCNc1c(F)cccc1C(=O)NCC(C)(C)N(C)C. The average Bonchev–Trinajstić information content (AvgIpc) is 2.43. The van der Waals surface area contributed by atoms with Crippen LogP contribution in [0.5, 0.6) is 0 Å². The van der Waals surface area contributed by atoms with Crippen molar-refractivity contribution in [1.29, 1.82) is 0 Å². The highest BCUT2D eigenvalue weighted by atomic mass is 19.1. The van der Waals surface area contributed by atoms with E-state index in [4.69, 9.17) is 0 Å². The van der Waals surface area contributed by atoms with Crippen LogP contribution in [0.3, 0.4) is 0 Å². The van der Waals surface area contributed by atoms with E-state index in [-0.39, 0.29) is 17.1 Å². The molecule has 0 heterocycles. The van der Waals surface area contributed by atoms with Crippen LogP contribution in [-0.4, -0.2) is 43.5 Å². The van der Waals surface area contributed by atoms with Gasteiger partial charge in [0.2, 0.25) is 0 Å². The lowest BCUT2D eigenvalue weighted by atomic mass is 10.0. The average molecular weight is 295 g/mol. The van der Waals surface area contributed by atoms with Gasteiger partial charge >= 0.3 is 0 Å². The maximum Gasteiger partial charge on any atom is 0.253 e. The number of nitrogens with zero attached hydrogens (tertiary/aromatic N) is 1. The van der Waals surface area contributed by atoms with Crippen LogP contribution in [-0.2, 0) is 0 Å². The lowest BCUT2D eigenvalue weighted by Crippen LogP contribution is -2.48. The van der Waals surface area contributed by atoms with Crippen molar-refractivity contribution >= 4 is 11.6 Å². The standard InChI is InChI=1S/C16H26FN3O/c1-6-10-18-14-12(8-7-9-13(14)17)15(21)19-11-16(2,3)20(4)5/h7-9,18H,6,10-11H2,1-5H3,(H,19,21). The molecule has 0 aliphatic heterocycles. The van der Waals surface area contributed by atoms with Gasteiger partial charge in [0.1, 0.15) is 5.82 Å². The van der Waals surface area contributed by atoms with Gasteiger partial charge in [0.25, 0.3) is 5.91 Å². The molecular formula is C16H26FN3O. The smallest absolute Gasteiger partial charge is 0.253 e. The number of likely N-dealkylation sites (N-methyl/N-ethyl adjacent to an activating group) is 1. The first-order valence-electron chi connectivity index (χ1n) is 7.27. The molecule has 4 nitrogen and oxygen atoms in total. The summed E-state index contributed by atoms with van der Waals surface area (Å²) in [5.41, 5.74) is 0.456. The minimum Gasteiger partial charge on any atom is -0.382 e. The molecule has 1 aromatic carbocycles. The molecule has 2 N–H and O–H groups in total. The highest BCUT2D eigenvalue weighted by Gasteiger charge is 2.22. The molecule has 0 bridgehead atoms. The zero-order valence-electron chi connectivity index (χ0n) is 13.6. The van der Waals surface area contributed by atoms with Gasteiger partial charge < -0.3 is 15.5 Å². The molecule has 1 amide bonds. The number of amides is 1. The Morgan fingerprint density at radius 2 is 2.00 bits per heavy atom. The van der Waals surface area contributed by atoms with E-state index < -0.39 is 5.82 Å². The molecular weight excluding hydrogens is 269 g/mol. The summed E-state index contributed by atoms with van der Waals surface area (Å²) in [4.78, 5) is 14.4. The molecule has 1 rings (SSSR count). The van der Waals surface area contributed by atoms with Crippen molar-refractivity contribution < 1.29 is 9.18 Å². The van der Waals surface area contributed by atoms with Gasteiger partial charge in [-0.2, -0.15) is 0 Å². The quantitative estimate of drug-likeness (QED) is 0.813. The van der Waals surface area contributed by atoms with E-state index in [1.807, 2.05) is 39.8 Å². The predicted octanol–water partition coefficient (Wildman–Crippen LogP) is 2.72. The zero-order chi connectivity index (χ0) is 16.0. The summed E-state index contributed by atoms with van der Waals surface area (Å²) in [5.74, 6) is -0.661. The van der Waals surface area contributed by atoms with Crippen molar-refractivity contribution in [1.82, 2.24) is 10.2 Å². The Kier molecular flexibility index (Phi) is 6.15. The maximum atomic E-state index is 13.9. The number of rotatable bonds is 7. The molecule has 118 valence electrons. The lowest BCUT2D eigenvalue weighted by Gasteiger charge is -2.32. The summed E-state index contributed by atoms with van der Waals surface area (Å²) >= 11 is 0. The second-order valence-electron chi connectivity index (χ2n) is 5.98. The van der Waals surface area contributed by atoms with Gasteiger partial charge in [0.15, 0.2) is 0 Å². The maximum absolute atomic E-state index is 13.9. The summed E-state index contributed by atoms with van der Waals surface area (Å²) < 4.78 is 13.9. The molecule has 5 heteroatoms. The minimum atomic E-state index is -0.400. The molecule has 0 atom stereocenters. The van der Waals surface area contributed by atoms with Gasteiger partial charge in [0, 0.05) is 18.6 Å². The monoisotopic (exact) mass is 295 g/mol. The molecule has 0 radical (unpaired) electrons. The van der Waals surface area contributed by atoms with E-state index >= 15 is 0 Å². The molecule has 0 spiro atoms. The largest absolute Gasteiger partial charge is 0.382 e. The van der Waals surface area contributed by atoms with Gasteiger partial charge in [0.05, 0.1) is 11.3 Å². The number of para-hydroxylation sites is 1. The third-order valence-corrected chi connectivity index (χ3v) is 3.70. The number of nitrogens with one attached hydrogen (secondary N) is 2. The zero-order valence-corrected chi connectivity index (χ0v) is 13.6. The number of hydrogen-bond donors (Lipinski definition) is 2. The Labute approximate surface area is 126 Å². The van der Waals surface area contributed by atoms with E-state index in [2.05, 4.69) is 10.6 Å². The van der Waals surface area contributed by atoms with Crippen molar-refractivity contribution in [2.24, 2.45) is 0 Å². The molecule has 0 saturated carbocycles. The van der Waals surface area contributed by atoms with Crippen molar-refractivity contribution in [3.05, 3.63) is 29.6 Å². The number of benzene rings is 1. The number of halogens is 1. The van der Waals surface area contributed by atoms with Gasteiger partial charge in [-0.15, -0.1) is 0 Å². The van der Waals surface area contributed by atoms with Crippen LogP contribution in [0.4, 0.5) is 10.1 Å². The van der Waals surface area contributed by atoms with Crippen LogP contribution in [0.2, 0.25) is 0 Å². The van der Waals surface area contributed by atoms with Crippen LogP contribution in [0.25, 0.3) is 0 Å². The van der Waals surface area contributed by atoms with E-state index in [1.165, 1.54) is 6.07 Å². The van der Waals surface area contributed by atoms with Gasteiger partial charge in [-0.25, -0.2) is 4.39 Å². The first kappa shape index (κ1) is 17.4. The molecule has 0 saturated heterocycles. The number of carbonyl (C=O) groups excluding carboxylic acids is 1. The Hall–Kier alpha value is -1.62. The Bertz CT molecular complexity index is 486. The molecule has 0 aliphatic rings. The number of anilines is 1. The fraction of sp³-hybridized carbons (Fsp3) is 0.562. The third-order valence-electron chi connectivity index (χ3n) is 3.70. The highest BCUT2D eigenvalue weighted by Crippen LogP contribution is 2.20. The van der Waals surface area contributed by atoms with Crippen molar-refractivity contribution in [3.8, 4) is 0 Å². The summed E-state index contributed by atoms with van der Waals surface area (Å²) in [7, 11) is 3.92. The van der Waals surface area contributed by atoms with Crippen LogP contribution in [0.1, 0.15) is 37.6 Å². The van der Waals surface area contributed by atoms with Crippen molar-refractivity contribution in [2.75, 3.05) is 32.5 Å². The predicted molar refractivity (Wildman–Crippen MR) is 85.3 cm³/mol. The van der Waals surface area contributed by atoms with E-state index in [0.717, 1.165) is 6.42 Å². The van der Waals surface area contributed by atoms with Crippen molar-refractivity contribution in [3.63, 3.8) is 0 Å². The summed E-state index contributed by atoms with van der Waals surface area (Å²) in [6, 6.07) is 4.55. The summed E-state index contributed by atoms with van der Waals surface area (Å²) in [6.45, 7) is 7.18.